The van der Waals surface area contributed by atoms with Gasteiger partial charge in [-0.25, -0.2) is 0 Å². The number of nitrogens with zero attached hydrogens (tertiary/aromatic N) is 2. The zero-order valence-corrected chi connectivity index (χ0v) is 19.5. The molecule has 0 bridgehead atoms. The van der Waals surface area contributed by atoms with Crippen LogP contribution in [0, 0.1) is 0 Å². The first-order valence-electron chi connectivity index (χ1n) is 10.7. The van der Waals surface area contributed by atoms with Crippen LogP contribution in [0.1, 0.15) is 30.5 Å². The highest BCUT2D eigenvalue weighted by atomic mass is 35.5. The van der Waals surface area contributed by atoms with Crippen LogP contribution in [0.3, 0.4) is 0 Å². The van der Waals surface area contributed by atoms with Crippen LogP contribution in [-0.4, -0.2) is 16.7 Å². The van der Waals surface area contributed by atoms with Crippen molar-refractivity contribution in [3.8, 4) is 17.1 Å². The number of rotatable bonds is 6. The van der Waals surface area contributed by atoms with Crippen LogP contribution < -0.4 is 15.0 Å². The minimum atomic E-state index is -0.218. The highest BCUT2D eigenvalue weighted by Gasteiger charge is 2.42. The Hall–Kier alpha value is -3.35. The number of thiocarbonyl (C=S) groups is 1. The SMILES string of the molecule is CCOc1ccc(-c2ccc([C@H]3[C@@H](c4ccccn4)NC(=S)N3c3ccc(Cl)cc3)o2)cc1. The van der Waals surface area contributed by atoms with Gasteiger partial charge in [0, 0.05) is 22.5 Å². The summed E-state index contributed by atoms with van der Waals surface area (Å²) in [7, 11) is 0. The molecule has 1 saturated heterocycles. The lowest BCUT2D eigenvalue weighted by molar-refractivity contribution is 0.340. The van der Waals surface area contributed by atoms with E-state index >= 15 is 0 Å². The fourth-order valence-corrected chi connectivity index (χ4v) is 4.54. The third-order valence-electron chi connectivity index (χ3n) is 5.57. The predicted octanol–water partition coefficient (Wildman–Crippen LogP) is 6.57. The molecule has 0 radical (unpaired) electrons. The van der Waals surface area contributed by atoms with Crippen LogP contribution in [0.2, 0.25) is 5.02 Å². The van der Waals surface area contributed by atoms with Crippen LogP contribution >= 0.6 is 23.8 Å². The maximum Gasteiger partial charge on any atom is 0.174 e. The van der Waals surface area contributed by atoms with Crippen LogP contribution in [0.15, 0.2) is 89.5 Å². The Morgan fingerprint density at radius 1 is 1.03 bits per heavy atom. The molecular formula is C26H22ClN3O2S. The van der Waals surface area contributed by atoms with Gasteiger partial charge in [-0.15, -0.1) is 0 Å². The van der Waals surface area contributed by atoms with Gasteiger partial charge in [0.2, 0.25) is 0 Å². The van der Waals surface area contributed by atoms with Crippen molar-refractivity contribution < 1.29 is 9.15 Å². The van der Waals surface area contributed by atoms with E-state index in [0.717, 1.165) is 34.2 Å². The molecule has 5 nitrogen and oxygen atoms in total. The van der Waals surface area contributed by atoms with Crippen molar-refractivity contribution in [2.75, 3.05) is 11.5 Å². The number of halogens is 1. The Bertz CT molecular complexity index is 1240. The van der Waals surface area contributed by atoms with E-state index in [2.05, 4.69) is 15.2 Å². The highest BCUT2D eigenvalue weighted by Crippen LogP contribution is 2.43. The molecule has 2 aromatic heterocycles. The topological polar surface area (TPSA) is 50.5 Å². The van der Waals surface area contributed by atoms with Gasteiger partial charge in [0.05, 0.1) is 18.3 Å². The summed E-state index contributed by atoms with van der Waals surface area (Å²) in [5.74, 6) is 2.40. The molecule has 33 heavy (non-hydrogen) atoms. The Morgan fingerprint density at radius 2 is 1.82 bits per heavy atom. The van der Waals surface area contributed by atoms with Gasteiger partial charge in [-0.1, -0.05) is 17.7 Å². The minimum Gasteiger partial charge on any atom is -0.494 e. The lowest BCUT2D eigenvalue weighted by Gasteiger charge is -2.26. The largest absolute Gasteiger partial charge is 0.494 e. The predicted molar refractivity (Wildman–Crippen MR) is 135 cm³/mol. The normalized spacial score (nSPS) is 17.8. The third kappa shape index (κ3) is 4.32. The van der Waals surface area contributed by atoms with E-state index in [1.807, 2.05) is 85.8 Å². The van der Waals surface area contributed by atoms with Crippen molar-refractivity contribution in [1.82, 2.24) is 10.3 Å². The van der Waals surface area contributed by atoms with Gasteiger partial charge in [-0.2, -0.15) is 0 Å². The molecule has 7 heteroatoms. The standard InChI is InChI=1S/C26H22ClN3O2S/c1-2-31-20-12-6-17(7-13-20)22-14-15-23(32-22)25-24(21-5-3-4-16-28-21)29-26(33)30(25)19-10-8-18(27)9-11-19/h3-16,24-25H,2H2,1H3,(H,29,33)/t24-,25+/m1/s1. The molecule has 166 valence electrons. The molecular weight excluding hydrogens is 454 g/mol. The average molecular weight is 476 g/mol. The smallest absolute Gasteiger partial charge is 0.174 e. The molecule has 1 N–H and O–H groups in total. The number of benzene rings is 2. The van der Waals surface area contributed by atoms with E-state index < -0.39 is 0 Å². The van der Waals surface area contributed by atoms with Gasteiger partial charge in [-0.3, -0.25) is 4.98 Å². The molecule has 1 aliphatic rings. The summed E-state index contributed by atoms with van der Waals surface area (Å²) >= 11 is 11.9. The first-order chi connectivity index (χ1) is 16.1. The monoisotopic (exact) mass is 475 g/mol. The van der Waals surface area contributed by atoms with E-state index in [-0.39, 0.29) is 12.1 Å². The highest BCUT2D eigenvalue weighted by molar-refractivity contribution is 7.80. The Morgan fingerprint density at radius 3 is 2.52 bits per heavy atom. The molecule has 0 saturated carbocycles. The maximum absolute atomic E-state index is 6.39. The second-order valence-electron chi connectivity index (χ2n) is 7.63. The lowest BCUT2D eigenvalue weighted by Crippen LogP contribution is -2.29. The maximum atomic E-state index is 6.39. The van der Waals surface area contributed by atoms with Crippen molar-refractivity contribution in [2.45, 2.75) is 19.0 Å². The van der Waals surface area contributed by atoms with Crippen molar-refractivity contribution >= 4 is 34.6 Å². The second kappa shape index (κ2) is 9.25. The van der Waals surface area contributed by atoms with Gasteiger partial charge >= 0.3 is 0 Å². The summed E-state index contributed by atoms with van der Waals surface area (Å²) in [5.41, 5.74) is 2.80. The molecule has 2 aromatic carbocycles. The number of hydrogen-bond donors (Lipinski definition) is 1. The van der Waals surface area contributed by atoms with E-state index in [4.69, 9.17) is 33.0 Å². The molecule has 5 rings (SSSR count). The Labute approximate surface area is 203 Å². The van der Waals surface area contributed by atoms with Crippen LogP contribution in [0.4, 0.5) is 5.69 Å². The first kappa shape index (κ1) is 21.5. The quantitative estimate of drug-likeness (QED) is 0.318. The van der Waals surface area contributed by atoms with Crippen molar-refractivity contribution in [3.63, 3.8) is 0 Å². The first-order valence-corrected chi connectivity index (χ1v) is 11.5. The molecule has 0 unspecified atom stereocenters. The summed E-state index contributed by atoms with van der Waals surface area (Å²) in [6, 6.07) is 25.0. The summed E-state index contributed by atoms with van der Waals surface area (Å²) < 4.78 is 11.9. The summed E-state index contributed by atoms with van der Waals surface area (Å²) in [4.78, 5) is 6.64. The van der Waals surface area contributed by atoms with Gasteiger partial charge in [0.25, 0.3) is 0 Å². The fraction of sp³-hybridized carbons (Fsp3) is 0.154. The van der Waals surface area contributed by atoms with Crippen molar-refractivity contribution in [1.29, 1.82) is 0 Å². The average Bonchev–Trinajstić information content (AvgIpc) is 3.46. The number of nitrogens with one attached hydrogen (secondary N) is 1. The van der Waals surface area contributed by atoms with Gasteiger partial charge in [-0.05, 0) is 91.9 Å². The van der Waals surface area contributed by atoms with Crippen LogP contribution in [0.5, 0.6) is 5.75 Å². The summed E-state index contributed by atoms with van der Waals surface area (Å²) in [6.45, 7) is 2.60. The number of aromatic nitrogens is 1. The molecule has 1 aliphatic heterocycles. The van der Waals surface area contributed by atoms with E-state index in [9.17, 15) is 0 Å². The Kier molecular flexibility index (Phi) is 6.03. The lowest BCUT2D eigenvalue weighted by atomic mass is 10.0. The zero-order chi connectivity index (χ0) is 22.8. The molecule has 1 fully saturated rings. The molecule has 0 amide bonds. The van der Waals surface area contributed by atoms with Crippen molar-refractivity contribution in [3.05, 3.63) is 102 Å². The van der Waals surface area contributed by atoms with Crippen LogP contribution in [0.25, 0.3) is 11.3 Å². The fourth-order valence-electron chi connectivity index (χ4n) is 4.07. The second-order valence-corrected chi connectivity index (χ2v) is 8.46. The van der Waals surface area contributed by atoms with E-state index in [1.165, 1.54) is 0 Å². The number of furan rings is 1. The van der Waals surface area contributed by atoms with E-state index in [1.54, 1.807) is 6.20 Å². The third-order valence-corrected chi connectivity index (χ3v) is 6.14. The van der Waals surface area contributed by atoms with Gasteiger partial charge < -0.3 is 19.4 Å². The Balaban J connectivity index is 1.54. The molecule has 4 aromatic rings. The number of anilines is 1. The van der Waals surface area contributed by atoms with Gasteiger partial charge in [0.15, 0.2) is 5.11 Å². The number of hydrogen-bond acceptors (Lipinski definition) is 4. The van der Waals surface area contributed by atoms with Gasteiger partial charge in [0.1, 0.15) is 23.3 Å². The van der Waals surface area contributed by atoms with E-state index in [0.29, 0.717) is 16.7 Å². The molecule has 0 spiro atoms. The molecule has 0 aliphatic carbocycles. The summed E-state index contributed by atoms with van der Waals surface area (Å²) in [5, 5.41) is 4.72. The molecule has 2 atom stereocenters. The molecule has 3 heterocycles. The minimum absolute atomic E-state index is 0.172. The van der Waals surface area contributed by atoms with Crippen LogP contribution in [-0.2, 0) is 0 Å². The zero-order valence-electron chi connectivity index (χ0n) is 17.9. The van der Waals surface area contributed by atoms with Crippen molar-refractivity contribution in [2.24, 2.45) is 0 Å². The number of ether oxygens (including phenoxy) is 1. The number of pyridine rings is 1. The summed E-state index contributed by atoms with van der Waals surface area (Å²) in [6.07, 6.45) is 1.79.